The summed E-state index contributed by atoms with van der Waals surface area (Å²) in [4.78, 5) is 23.0. The summed E-state index contributed by atoms with van der Waals surface area (Å²) in [7, 11) is 0. The van der Waals surface area contributed by atoms with E-state index in [2.05, 4.69) is 29.8 Å². The van der Waals surface area contributed by atoms with Crippen LogP contribution in [0.2, 0.25) is 5.02 Å². The van der Waals surface area contributed by atoms with E-state index in [1.165, 1.54) is 19.8 Å². The maximum Gasteiger partial charge on any atom is 0.319 e. The topological polar surface area (TPSA) is 70.2 Å². The number of hydrogen-bond donors (Lipinski definition) is 3. The van der Waals surface area contributed by atoms with Crippen LogP contribution in [-0.4, -0.2) is 18.5 Å². The number of urea groups is 1. The lowest BCUT2D eigenvalue weighted by molar-refractivity contribution is -0.114. The highest BCUT2D eigenvalue weighted by Crippen LogP contribution is 2.25. The van der Waals surface area contributed by atoms with Gasteiger partial charge >= 0.3 is 6.03 Å². The lowest BCUT2D eigenvalue weighted by Crippen LogP contribution is -2.33. The zero-order chi connectivity index (χ0) is 17.2. The zero-order valence-electron chi connectivity index (χ0n) is 14.0. The number of anilines is 2. The quantitative estimate of drug-likeness (QED) is 0.645. The molecule has 0 aromatic heterocycles. The molecule has 0 saturated heterocycles. The highest BCUT2D eigenvalue weighted by molar-refractivity contribution is 6.34. The van der Waals surface area contributed by atoms with E-state index in [1.807, 2.05) is 0 Å². The average Bonchev–Trinajstić information content (AvgIpc) is 2.50. The van der Waals surface area contributed by atoms with Gasteiger partial charge in [-0.1, -0.05) is 44.7 Å². The minimum absolute atomic E-state index is 0.192. The lowest BCUT2D eigenvalue weighted by Gasteiger charge is -2.16. The first-order chi connectivity index (χ1) is 11.0. The summed E-state index contributed by atoms with van der Waals surface area (Å²) in [6, 6.07) is 4.73. The average molecular weight is 340 g/mol. The van der Waals surface area contributed by atoms with Crippen LogP contribution in [0.1, 0.15) is 46.5 Å². The first-order valence-electron chi connectivity index (χ1n) is 8.08. The van der Waals surface area contributed by atoms with Crippen molar-refractivity contribution in [1.29, 1.82) is 0 Å². The van der Waals surface area contributed by atoms with Crippen molar-refractivity contribution in [2.24, 2.45) is 5.92 Å². The molecule has 0 aliphatic rings. The summed E-state index contributed by atoms with van der Waals surface area (Å²) in [6.07, 6.45) is 4.53. The minimum atomic E-state index is -0.247. The molecule has 0 radical (unpaired) electrons. The lowest BCUT2D eigenvalue weighted by atomic mass is 9.99. The molecule has 23 heavy (non-hydrogen) atoms. The van der Waals surface area contributed by atoms with E-state index in [-0.39, 0.29) is 11.9 Å². The standard InChI is InChI=1S/C17H26ClN3O2/c1-4-6-7-13(5-2)11-19-17(23)21-14-8-9-16(15(18)10-14)20-12(3)22/h8-10,13H,4-7,11H2,1-3H3,(H,20,22)(H2,19,21,23). The summed E-state index contributed by atoms with van der Waals surface area (Å²) in [5.74, 6) is 0.314. The van der Waals surface area contributed by atoms with E-state index in [0.717, 1.165) is 12.8 Å². The van der Waals surface area contributed by atoms with Crippen molar-refractivity contribution in [2.45, 2.75) is 46.5 Å². The van der Waals surface area contributed by atoms with Crippen molar-refractivity contribution in [3.63, 3.8) is 0 Å². The van der Waals surface area contributed by atoms with Crippen molar-refractivity contribution in [3.8, 4) is 0 Å². The van der Waals surface area contributed by atoms with E-state index < -0.39 is 0 Å². The van der Waals surface area contributed by atoms with E-state index in [9.17, 15) is 9.59 Å². The molecule has 3 amide bonds. The Kier molecular flexibility index (Phi) is 8.48. The molecule has 0 aliphatic heterocycles. The van der Waals surface area contributed by atoms with Gasteiger partial charge in [0.25, 0.3) is 0 Å². The van der Waals surface area contributed by atoms with E-state index >= 15 is 0 Å². The monoisotopic (exact) mass is 339 g/mol. The predicted octanol–water partition coefficient (Wildman–Crippen LogP) is 4.64. The summed E-state index contributed by atoms with van der Waals surface area (Å²) in [5, 5.41) is 8.65. The number of benzene rings is 1. The van der Waals surface area contributed by atoms with Gasteiger partial charge in [0.2, 0.25) is 5.91 Å². The van der Waals surface area contributed by atoms with Gasteiger partial charge < -0.3 is 16.0 Å². The van der Waals surface area contributed by atoms with E-state index in [1.54, 1.807) is 18.2 Å². The Bertz CT molecular complexity index is 535. The van der Waals surface area contributed by atoms with Crippen LogP contribution in [0, 0.1) is 5.92 Å². The van der Waals surface area contributed by atoms with Gasteiger partial charge in [0.05, 0.1) is 10.7 Å². The highest BCUT2D eigenvalue weighted by Gasteiger charge is 2.09. The molecular formula is C17H26ClN3O2. The number of unbranched alkanes of at least 4 members (excludes halogenated alkanes) is 1. The molecule has 0 heterocycles. The van der Waals surface area contributed by atoms with Crippen molar-refractivity contribution >= 4 is 34.9 Å². The Balaban J connectivity index is 2.50. The predicted molar refractivity (Wildman–Crippen MR) is 96.1 cm³/mol. The molecule has 1 aromatic rings. The Labute approximate surface area is 143 Å². The fourth-order valence-electron chi connectivity index (χ4n) is 2.24. The van der Waals surface area contributed by atoms with Gasteiger partial charge in [0.1, 0.15) is 0 Å². The van der Waals surface area contributed by atoms with Crippen LogP contribution in [-0.2, 0) is 4.79 Å². The van der Waals surface area contributed by atoms with Gasteiger partial charge in [-0.2, -0.15) is 0 Å². The molecule has 1 rings (SSSR count). The third-order valence-corrected chi connectivity index (χ3v) is 3.94. The van der Waals surface area contributed by atoms with Crippen LogP contribution in [0.3, 0.4) is 0 Å². The normalized spacial score (nSPS) is 11.7. The van der Waals surface area contributed by atoms with Gasteiger partial charge in [-0.15, -0.1) is 0 Å². The van der Waals surface area contributed by atoms with Gasteiger partial charge in [0.15, 0.2) is 0 Å². The highest BCUT2D eigenvalue weighted by atomic mass is 35.5. The largest absolute Gasteiger partial charge is 0.338 e. The van der Waals surface area contributed by atoms with Crippen molar-refractivity contribution in [2.75, 3.05) is 17.2 Å². The molecule has 0 spiro atoms. The Morgan fingerprint density at radius 3 is 2.52 bits per heavy atom. The number of carbonyl (C=O) groups is 2. The Morgan fingerprint density at radius 2 is 1.96 bits per heavy atom. The maximum absolute atomic E-state index is 11.9. The second-order valence-corrected chi connectivity index (χ2v) is 6.03. The van der Waals surface area contributed by atoms with E-state index in [0.29, 0.717) is 28.9 Å². The fourth-order valence-corrected chi connectivity index (χ4v) is 2.47. The number of rotatable bonds is 8. The first-order valence-corrected chi connectivity index (χ1v) is 8.46. The molecule has 5 nitrogen and oxygen atoms in total. The smallest absolute Gasteiger partial charge is 0.319 e. The van der Waals surface area contributed by atoms with Crippen LogP contribution < -0.4 is 16.0 Å². The third kappa shape index (κ3) is 7.37. The van der Waals surface area contributed by atoms with Gasteiger partial charge in [-0.3, -0.25) is 4.79 Å². The third-order valence-electron chi connectivity index (χ3n) is 3.63. The molecule has 1 aromatic carbocycles. The SMILES string of the molecule is CCCCC(CC)CNC(=O)Nc1ccc(NC(C)=O)c(Cl)c1. The number of halogens is 1. The van der Waals surface area contributed by atoms with Crippen LogP contribution in [0.5, 0.6) is 0 Å². The molecule has 128 valence electrons. The molecule has 1 unspecified atom stereocenters. The van der Waals surface area contributed by atoms with Crippen LogP contribution in [0.25, 0.3) is 0 Å². The van der Waals surface area contributed by atoms with Crippen molar-refractivity contribution < 1.29 is 9.59 Å². The molecule has 0 bridgehead atoms. The molecular weight excluding hydrogens is 314 g/mol. The van der Waals surface area contributed by atoms with Gasteiger partial charge in [-0.05, 0) is 30.5 Å². The minimum Gasteiger partial charge on any atom is -0.338 e. The maximum atomic E-state index is 11.9. The number of hydrogen-bond acceptors (Lipinski definition) is 2. The Hall–Kier alpha value is -1.75. The Morgan fingerprint density at radius 1 is 1.22 bits per heavy atom. The number of nitrogens with one attached hydrogen (secondary N) is 3. The molecule has 0 fully saturated rings. The summed E-state index contributed by atoms with van der Waals surface area (Å²) < 4.78 is 0. The van der Waals surface area contributed by atoms with Crippen LogP contribution in [0.15, 0.2) is 18.2 Å². The van der Waals surface area contributed by atoms with Gasteiger partial charge in [0, 0.05) is 19.2 Å². The molecule has 0 aliphatic carbocycles. The zero-order valence-corrected chi connectivity index (χ0v) is 14.8. The van der Waals surface area contributed by atoms with E-state index in [4.69, 9.17) is 11.6 Å². The molecule has 1 atom stereocenters. The molecule has 6 heteroatoms. The summed E-state index contributed by atoms with van der Waals surface area (Å²) in [6.45, 7) is 6.39. The first kappa shape index (κ1) is 19.3. The molecule has 0 saturated carbocycles. The van der Waals surface area contributed by atoms with Crippen LogP contribution >= 0.6 is 11.6 Å². The summed E-state index contributed by atoms with van der Waals surface area (Å²) >= 11 is 6.08. The number of carbonyl (C=O) groups excluding carboxylic acids is 2. The second kappa shape index (κ2) is 10.1. The fraction of sp³-hybridized carbons (Fsp3) is 0.529. The van der Waals surface area contributed by atoms with Crippen LogP contribution in [0.4, 0.5) is 16.2 Å². The van der Waals surface area contributed by atoms with Crippen molar-refractivity contribution in [1.82, 2.24) is 5.32 Å². The summed E-state index contributed by atoms with van der Waals surface area (Å²) in [5.41, 5.74) is 1.11. The van der Waals surface area contributed by atoms with Gasteiger partial charge in [-0.25, -0.2) is 4.79 Å². The molecule has 3 N–H and O–H groups in total. The second-order valence-electron chi connectivity index (χ2n) is 5.63. The van der Waals surface area contributed by atoms with Crippen molar-refractivity contribution in [3.05, 3.63) is 23.2 Å². The number of amides is 3.